The topological polar surface area (TPSA) is 50.0 Å². The Morgan fingerprint density at radius 1 is 1.55 bits per heavy atom. The first-order chi connectivity index (χ1) is 10.6. The maximum atomic E-state index is 5.64. The lowest BCUT2D eigenvalue weighted by atomic mass is 10.2. The van der Waals surface area contributed by atoms with E-state index in [-0.39, 0.29) is 6.10 Å². The van der Waals surface area contributed by atoms with Crippen LogP contribution < -0.4 is 5.32 Å². The number of guanidine groups is 1. The molecule has 0 saturated carbocycles. The van der Waals surface area contributed by atoms with Crippen molar-refractivity contribution < 1.29 is 9.15 Å². The van der Waals surface area contributed by atoms with E-state index in [1.807, 2.05) is 26.1 Å². The second kappa shape index (κ2) is 8.63. The number of nitrogens with zero attached hydrogens (tertiary/aromatic N) is 2. The Morgan fingerprint density at radius 2 is 2.41 bits per heavy atom. The summed E-state index contributed by atoms with van der Waals surface area (Å²) in [5, 5.41) is 3.41. The Labute approximate surface area is 133 Å². The van der Waals surface area contributed by atoms with Gasteiger partial charge in [-0.25, -0.2) is 0 Å². The quantitative estimate of drug-likeness (QED) is 0.477. The Bertz CT molecular complexity index is 476. The minimum absolute atomic E-state index is 0.264. The molecular formula is C17H27N3O2. The van der Waals surface area contributed by atoms with Crippen LogP contribution >= 0.6 is 0 Å². The average Bonchev–Trinajstić information content (AvgIpc) is 3.14. The summed E-state index contributed by atoms with van der Waals surface area (Å²) in [6.45, 7) is 9.15. The number of furan rings is 1. The Kier molecular flexibility index (Phi) is 6.52. The summed E-state index contributed by atoms with van der Waals surface area (Å²) in [5.74, 6) is 1.87. The van der Waals surface area contributed by atoms with Gasteiger partial charge in [0.25, 0.3) is 0 Å². The van der Waals surface area contributed by atoms with Gasteiger partial charge >= 0.3 is 0 Å². The van der Waals surface area contributed by atoms with E-state index in [1.54, 1.807) is 6.26 Å². The largest absolute Gasteiger partial charge is 0.469 e. The van der Waals surface area contributed by atoms with E-state index in [9.17, 15) is 0 Å². The minimum atomic E-state index is 0.264. The van der Waals surface area contributed by atoms with Gasteiger partial charge in [-0.3, -0.25) is 4.99 Å². The van der Waals surface area contributed by atoms with Crippen molar-refractivity contribution >= 4 is 5.96 Å². The predicted octanol–water partition coefficient (Wildman–Crippen LogP) is 2.45. The molecule has 1 aromatic rings. The van der Waals surface area contributed by atoms with Crippen molar-refractivity contribution in [3.05, 3.63) is 36.3 Å². The first kappa shape index (κ1) is 16.6. The van der Waals surface area contributed by atoms with Crippen molar-refractivity contribution in [3.8, 4) is 0 Å². The molecule has 0 aliphatic carbocycles. The highest BCUT2D eigenvalue weighted by molar-refractivity contribution is 5.80. The molecule has 0 radical (unpaired) electrons. The molecule has 5 nitrogen and oxygen atoms in total. The average molecular weight is 305 g/mol. The van der Waals surface area contributed by atoms with Gasteiger partial charge in [0.1, 0.15) is 5.76 Å². The molecule has 0 spiro atoms. The lowest BCUT2D eigenvalue weighted by Gasteiger charge is -2.23. The first-order valence-electron chi connectivity index (χ1n) is 7.93. The Morgan fingerprint density at radius 3 is 3.05 bits per heavy atom. The summed E-state index contributed by atoms with van der Waals surface area (Å²) in [4.78, 5) is 6.81. The van der Waals surface area contributed by atoms with Crippen LogP contribution in [-0.4, -0.2) is 50.3 Å². The van der Waals surface area contributed by atoms with E-state index in [1.165, 1.54) is 0 Å². The molecule has 0 amide bonds. The lowest BCUT2D eigenvalue weighted by Crippen LogP contribution is -2.41. The number of hydrogen-bond acceptors (Lipinski definition) is 3. The SMILES string of the molecule is C=C(C)CN(C)C(=NCC1CCCO1)NCCc1ccco1. The maximum absolute atomic E-state index is 5.64. The van der Waals surface area contributed by atoms with Gasteiger partial charge < -0.3 is 19.4 Å². The number of rotatable bonds is 7. The molecule has 1 fully saturated rings. The molecule has 0 aromatic carbocycles. The first-order valence-corrected chi connectivity index (χ1v) is 7.93. The van der Waals surface area contributed by atoms with Gasteiger partial charge in [-0.1, -0.05) is 12.2 Å². The zero-order valence-electron chi connectivity index (χ0n) is 13.7. The smallest absolute Gasteiger partial charge is 0.194 e. The third-order valence-corrected chi connectivity index (χ3v) is 3.57. The van der Waals surface area contributed by atoms with Crippen molar-refractivity contribution in [2.45, 2.75) is 32.3 Å². The van der Waals surface area contributed by atoms with Gasteiger partial charge in [0.2, 0.25) is 0 Å². The fourth-order valence-corrected chi connectivity index (χ4v) is 2.52. The zero-order valence-corrected chi connectivity index (χ0v) is 13.7. The van der Waals surface area contributed by atoms with Crippen molar-refractivity contribution in [2.24, 2.45) is 4.99 Å². The van der Waals surface area contributed by atoms with Crippen LogP contribution in [0.25, 0.3) is 0 Å². The number of ether oxygens (including phenoxy) is 1. The van der Waals surface area contributed by atoms with Crippen molar-refractivity contribution in [2.75, 3.05) is 33.3 Å². The molecule has 1 aromatic heterocycles. The minimum Gasteiger partial charge on any atom is -0.469 e. The third-order valence-electron chi connectivity index (χ3n) is 3.57. The van der Waals surface area contributed by atoms with Crippen LogP contribution in [0.4, 0.5) is 0 Å². The molecule has 1 atom stereocenters. The summed E-state index contributed by atoms with van der Waals surface area (Å²) in [5.41, 5.74) is 1.11. The number of hydrogen-bond donors (Lipinski definition) is 1. The summed E-state index contributed by atoms with van der Waals surface area (Å²) >= 11 is 0. The van der Waals surface area contributed by atoms with Crippen LogP contribution in [-0.2, 0) is 11.2 Å². The van der Waals surface area contributed by atoms with Crippen LogP contribution in [0.5, 0.6) is 0 Å². The molecule has 2 rings (SSSR count). The van der Waals surface area contributed by atoms with Crippen molar-refractivity contribution in [3.63, 3.8) is 0 Å². The molecule has 1 N–H and O–H groups in total. The third kappa shape index (κ3) is 5.56. The molecule has 1 aliphatic rings. The standard InChI is InChI=1S/C17H27N3O2/c1-14(2)13-20(3)17(19-12-16-7-5-11-22-16)18-9-8-15-6-4-10-21-15/h4,6,10,16H,1,5,7-9,11-13H2,2-3H3,(H,18,19). The summed E-state index contributed by atoms with van der Waals surface area (Å²) in [7, 11) is 2.03. The summed E-state index contributed by atoms with van der Waals surface area (Å²) in [6, 6.07) is 3.90. The number of nitrogens with one attached hydrogen (secondary N) is 1. The highest BCUT2D eigenvalue weighted by Crippen LogP contribution is 2.12. The van der Waals surface area contributed by atoms with Gasteiger partial charge in [-0.2, -0.15) is 0 Å². The van der Waals surface area contributed by atoms with Crippen LogP contribution in [0.1, 0.15) is 25.5 Å². The molecule has 22 heavy (non-hydrogen) atoms. The second-order valence-electron chi connectivity index (χ2n) is 5.87. The molecular weight excluding hydrogens is 278 g/mol. The van der Waals surface area contributed by atoms with Gasteiger partial charge in [-0.15, -0.1) is 0 Å². The highest BCUT2D eigenvalue weighted by Gasteiger charge is 2.15. The lowest BCUT2D eigenvalue weighted by molar-refractivity contribution is 0.117. The Hall–Kier alpha value is -1.75. The zero-order chi connectivity index (χ0) is 15.8. The van der Waals surface area contributed by atoms with E-state index in [0.717, 1.165) is 56.3 Å². The van der Waals surface area contributed by atoms with E-state index < -0.39 is 0 Å². The van der Waals surface area contributed by atoms with Crippen molar-refractivity contribution in [1.29, 1.82) is 0 Å². The summed E-state index contributed by atoms with van der Waals surface area (Å²) in [6.07, 6.45) is 5.05. The van der Waals surface area contributed by atoms with Crippen LogP contribution in [0, 0.1) is 0 Å². The fraction of sp³-hybridized carbons (Fsp3) is 0.588. The predicted molar refractivity (Wildman–Crippen MR) is 89.1 cm³/mol. The van der Waals surface area contributed by atoms with Crippen LogP contribution in [0.3, 0.4) is 0 Å². The van der Waals surface area contributed by atoms with Gasteiger partial charge in [0.15, 0.2) is 5.96 Å². The number of aliphatic imine (C=N–C) groups is 1. The van der Waals surface area contributed by atoms with Gasteiger partial charge in [-0.05, 0) is 31.9 Å². The van der Waals surface area contributed by atoms with E-state index in [0.29, 0.717) is 6.54 Å². The highest BCUT2D eigenvalue weighted by atomic mass is 16.5. The fourth-order valence-electron chi connectivity index (χ4n) is 2.52. The van der Waals surface area contributed by atoms with E-state index in [4.69, 9.17) is 14.1 Å². The maximum Gasteiger partial charge on any atom is 0.194 e. The summed E-state index contributed by atoms with van der Waals surface area (Å²) < 4.78 is 11.0. The van der Waals surface area contributed by atoms with Crippen LogP contribution in [0.2, 0.25) is 0 Å². The van der Waals surface area contributed by atoms with E-state index >= 15 is 0 Å². The molecule has 2 heterocycles. The molecule has 5 heteroatoms. The van der Waals surface area contributed by atoms with Gasteiger partial charge in [0, 0.05) is 33.2 Å². The molecule has 0 bridgehead atoms. The van der Waals surface area contributed by atoms with E-state index in [2.05, 4.69) is 16.8 Å². The monoisotopic (exact) mass is 305 g/mol. The molecule has 1 saturated heterocycles. The van der Waals surface area contributed by atoms with Crippen molar-refractivity contribution in [1.82, 2.24) is 10.2 Å². The Balaban J connectivity index is 1.87. The van der Waals surface area contributed by atoms with Crippen LogP contribution in [0.15, 0.2) is 40.0 Å². The van der Waals surface area contributed by atoms with Gasteiger partial charge in [0.05, 0.1) is 18.9 Å². The second-order valence-corrected chi connectivity index (χ2v) is 5.87. The molecule has 1 aliphatic heterocycles. The number of likely N-dealkylation sites (N-methyl/N-ethyl adjacent to an activating group) is 1. The molecule has 122 valence electrons. The normalized spacial score (nSPS) is 18.5. The molecule has 1 unspecified atom stereocenters.